The third kappa shape index (κ3) is 2.91. The summed E-state index contributed by atoms with van der Waals surface area (Å²) in [6, 6.07) is 10.5. The van der Waals surface area contributed by atoms with Gasteiger partial charge in [0.15, 0.2) is 0 Å². The highest BCUT2D eigenvalue weighted by molar-refractivity contribution is 5.33. The molecule has 1 saturated heterocycles. The summed E-state index contributed by atoms with van der Waals surface area (Å²) in [6.45, 7) is 8.37. The largest absolute Gasteiger partial charge is 0.314 e. The van der Waals surface area contributed by atoms with Gasteiger partial charge >= 0.3 is 0 Å². The second-order valence-corrected chi connectivity index (χ2v) is 6.65. The van der Waals surface area contributed by atoms with Gasteiger partial charge in [0.1, 0.15) is 0 Å². The number of benzene rings is 1. The van der Waals surface area contributed by atoms with E-state index in [0.717, 1.165) is 18.0 Å². The van der Waals surface area contributed by atoms with E-state index in [4.69, 9.17) is 0 Å². The van der Waals surface area contributed by atoms with Crippen LogP contribution in [-0.2, 0) is 12.8 Å². The van der Waals surface area contributed by atoms with Crippen molar-refractivity contribution in [3.8, 4) is 0 Å². The lowest BCUT2D eigenvalue weighted by atomic mass is 9.92. The van der Waals surface area contributed by atoms with Gasteiger partial charge in [-0.25, -0.2) is 0 Å². The Morgan fingerprint density at radius 2 is 1.90 bits per heavy atom. The average molecular weight is 272 g/mol. The standard InChI is InChI=1S/C18H28N2/c1-3-9-19-18-8-10-20(13-14(18)2)17-11-15-6-4-5-7-16(15)12-17/h4-7,14,17-19H,3,8-13H2,1-2H3. The van der Waals surface area contributed by atoms with Gasteiger partial charge in [0, 0.05) is 18.6 Å². The number of hydrogen-bond donors (Lipinski definition) is 1. The minimum absolute atomic E-state index is 0.731. The van der Waals surface area contributed by atoms with E-state index >= 15 is 0 Å². The minimum atomic E-state index is 0.731. The van der Waals surface area contributed by atoms with Crippen LogP contribution in [-0.4, -0.2) is 36.6 Å². The maximum Gasteiger partial charge on any atom is 0.0176 e. The van der Waals surface area contributed by atoms with Gasteiger partial charge in [0.2, 0.25) is 0 Å². The van der Waals surface area contributed by atoms with E-state index in [9.17, 15) is 0 Å². The van der Waals surface area contributed by atoms with Crippen molar-refractivity contribution in [2.45, 2.75) is 51.6 Å². The lowest BCUT2D eigenvalue weighted by molar-refractivity contribution is 0.107. The van der Waals surface area contributed by atoms with Crippen LogP contribution in [0.2, 0.25) is 0 Å². The van der Waals surface area contributed by atoms with Crippen LogP contribution in [0.1, 0.15) is 37.8 Å². The van der Waals surface area contributed by atoms with Crippen molar-refractivity contribution in [3.63, 3.8) is 0 Å². The summed E-state index contributed by atoms with van der Waals surface area (Å²) in [5, 5.41) is 3.72. The summed E-state index contributed by atoms with van der Waals surface area (Å²) in [5.41, 5.74) is 3.16. The zero-order chi connectivity index (χ0) is 13.9. The van der Waals surface area contributed by atoms with Crippen molar-refractivity contribution in [3.05, 3.63) is 35.4 Å². The highest BCUT2D eigenvalue weighted by Crippen LogP contribution is 2.28. The van der Waals surface area contributed by atoms with Crippen LogP contribution in [0.3, 0.4) is 0 Å². The molecule has 2 nitrogen and oxygen atoms in total. The van der Waals surface area contributed by atoms with E-state index in [2.05, 4.69) is 48.3 Å². The molecule has 1 N–H and O–H groups in total. The third-order valence-corrected chi connectivity index (χ3v) is 5.14. The van der Waals surface area contributed by atoms with Gasteiger partial charge in [-0.1, -0.05) is 38.1 Å². The molecule has 2 heteroatoms. The molecular weight excluding hydrogens is 244 g/mol. The topological polar surface area (TPSA) is 15.3 Å². The monoisotopic (exact) mass is 272 g/mol. The fourth-order valence-electron chi connectivity index (χ4n) is 3.94. The van der Waals surface area contributed by atoms with E-state index in [1.54, 1.807) is 11.1 Å². The van der Waals surface area contributed by atoms with Gasteiger partial charge in [-0.15, -0.1) is 0 Å². The molecule has 2 unspecified atom stereocenters. The quantitative estimate of drug-likeness (QED) is 0.906. The molecule has 0 bridgehead atoms. The first-order valence-corrected chi connectivity index (χ1v) is 8.32. The van der Waals surface area contributed by atoms with Crippen LogP contribution in [0.4, 0.5) is 0 Å². The predicted octanol–water partition coefficient (Wildman–Crippen LogP) is 2.86. The highest BCUT2D eigenvalue weighted by atomic mass is 15.2. The lowest BCUT2D eigenvalue weighted by Gasteiger charge is -2.40. The smallest absolute Gasteiger partial charge is 0.0176 e. The molecule has 20 heavy (non-hydrogen) atoms. The number of hydrogen-bond acceptors (Lipinski definition) is 2. The van der Waals surface area contributed by atoms with Gasteiger partial charge in [-0.2, -0.15) is 0 Å². The van der Waals surface area contributed by atoms with Crippen LogP contribution >= 0.6 is 0 Å². The van der Waals surface area contributed by atoms with Crippen LogP contribution in [0.25, 0.3) is 0 Å². The van der Waals surface area contributed by atoms with Gasteiger partial charge in [0.05, 0.1) is 0 Å². The van der Waals surface area contributed by atoms with Crippen molar-refractivity contribution in [2.24, 2.45) is 5.92 Å². The van der Waals surface area contributed by atoms with Gasteiger partial charge < -0.3 is 5.32 Å². The number of likely N-dealkylation sites (tertiary alicyclic amines) is 1. The van der Waals surface area contributed by atoms with E-state index < -0.39 is 0 Å². The van der Waals surface area contributed by atoms with Gasteiger partial charge in [-0.05, 0) is 55.8 Å². The molecule has 3 rings (SSSR count). The van der Waals surface area contributed by atoms with E-state index in [0.29, 0.717) is 0 Å². The Hall–Kier alpha value is -0.860. The van der Waals surface area contributed by atoms with Crippen molar-refractivity contribution in [1.29, 1.82) is 0 Å². The third-order valence-electron chi connectivity index (χ3n) is 5.14. The Morgan fingerprint density at radius 1 is 1.20 bits per heavy atom. The van der Waals surface area contributed by atoms with Crippen molar-refractivity contribution >= 4 is 0 Å². The SMILES string of the molecule is CCCNC1CCN(C2Cc3ccccc3C2)CC1C. The molecule has 0 radical (unpaired) electrons. The Labute approximate surface area is 123 Å². The second kappa shape index (κ2) is 6.28. The molecule has 1 aliphatic heterocycles. The second-order valence-electron chi connectivity index (χ2n) is 6.65. The maximum absolute atomic E-state index is 3.72. The van der Waals surface area contributed by atoms with Gasteiger partial charge in [0.25, 0.3) is 0 Å². The van der Waals surface area contributed by atoms with Crippen molar-refractivity contribution in [2.75, 3.05) is 19.6 Å². The number of piperidine rings is 1. The molecule has 0 aromatic heterocycles. The molecule has 1 fully saturated rings. The lowest BCUT2D eigenvalue weighted by Crippen LogP contribution is -2.51. The van der Waals surface area contributed by atoms with E-state index in [1.165, 1.54) is 45.3 Å². The normalized spacial score (nSPS) is 27.7. The summed E-state index contributed by atoms with van der Waals surface area (Å²) in [5.74, 6) is 0.777. The van der Waals surface area contributed by atoms with Crippen LogP contribution in [0, 0.1) is 5.92 Å². The fraction of sp³-hybridized carbons (Fsp3) is 0.667. The van der Waals surface area contributed by atoms with Crippen molar-refractivity contribution < 1.29 is 0 Å². The molecular formula is C18H28N2. The Balaban J connectivity index is 1.56. The number of nitrogens with one attached hydrogen (secondary N) is 1. The molecule has 1 aromatic rings. The number of rotatable bonds is 4. The first-order valence-electron chi connectivity index (χ1n) is 8.32. The van der Waals surface area contributed by atoms with E-state index in [1.807, 2.05) is 0 Å². The Kier molecular flexibility index (Phi) is 4.42. The van der Waals surface area contributed by atoms with Gasteiger partial charge in [-0.3, -0.25) is 4.90 Å². The molecule has 1 aromatic carbocycles. The van der Waals surface area contributed by atoms with Crippen molar-refractivity contribution in [1.82, 2.24) is 10.2 Å². The molecule has 2 aliphatic rings. The van der Waals surface area contributed by atoms with Crippen LogP contribution < -0.4 is 5.32 Å². The summed E-state index contributed by atoms with van der Waals surface area (Å²) < 4.78 is 0. The van der Waals surface area contributed by atoms with Crippen LogP contribution in [0.5, 0.6) is 0 Å². The molecule has 0 saturated carbocycles. The molecule has 2 atom stereocenters. The molecule has 110 valence electrons. The Bertz CT molecular complexity index is 418. The average Bonchev–Trinajstić information content (AvgIpc) is 2.90. The molecule has 0 spiro atoms. The number of fused-ring (bicyclic) bond motifs is 1. The summed E-state index contributed by atoms with van der Waals surface area (Å²) in [6.07, 6.45) is 5.07. The first-order chi connectivity index (χ1) is 9.78. The van der Waals surface area contributed by atoms with Crippen LogP contribution in [0.15, 0.2) is 24.3 Å². The zero-order valence-electron chi connectivity index (χ0n) is 12.9. The first kappa shape index (κ1) is 14.1. The predicted molar refractivity (Wildman–Crippen MR) is 85.1 cm³/mol. The summed E-state index contributed by atoms with van der Waals surface area (Å²) in [4.78, 5) is 2.74. The van der Waals surface area contributed by atoms with E-state index in [-0.39, 0.29) is 0 Å². The maximum atomic E-state index is 3.72. The summed E-state index contributed by atoms with van der Waals surface area (Å²) in [7, 11) is 0. The fourth-order valence-corrected chi connectivity index (χ4v) is 3.94. The molecule has 0 amide bonds. The molecule has 1 heterocycles. The minimum Gasteiger partial charge on any atom is -0.314 e. The summed E-state index contributed by atoms with van der Waals surface area (Å²) >= 11 is 0. The highest BCUT2D eigenvalue weighted by Gasteiger charge is 2.32. The molecule has 1 aliphatic carbocycles. The zero-order valence-corrected chi connectivity index (χ0v) is 12.9. The Morgan fingerprint density at radius 3 is 2.50 bits per heavy atom. The number of nitrogens with zero attached hydrogens (tertiary/aromatic N) is 1.